The van der Waals surface area contributed by atoms with Gasteiger partial charge in [0.2, 0.25) is 11.8 Å². The SMILES string of the molecule is Cc1ccc([C@]2(O)N=C([S-])[C@H](C#N)[C@H](c3ccc(F)cc3)[C@H]2[n+]2ccccc2)cc1. The van der Waals surface area contributed by atoms with Crippen molar-refractivity contribution >= 4 is 17.7 Å². The van der Waals surface area contributed by atoms with Gasteiger partial charge in [0.25, 0.3) is 0 Å². The van der Waals surface area contributed by atoms with Gasteiger partial charge in [0.1, 0.15) is 5.82 Å². The summed E-state index contributed by atoms with van der Waals surface area (Å²) < 4.78 is 15.5. The first-order valence-electron chi connectivity index (χ1n) is 9.61. The van der Waals surface area contributed by atoms with E-state index in [-0.39, 0.29) is 10.9 Å². The van der Waals surface area contributed by atoms with Crippen molar-refractivity contribution in [1.29, 1.82) is 5.26 Å². The normalized spacial score (nSPS) is 25.9. The van der Waals surface area contributed by atoms with Crippen LogP contribution in [0, 0.1) is 30.0 Å². The van der Waals surface area contributed by atoms with Crippen molar-refractivity contribution in [3.63, 3.8) is 0 Å². The Morgan fingerprint density at radius 3 is 2.30 bits per heavy atom. The molecule has 6 heteroatoms. The average molecular weight is 418 g/mol. The molecule has 2 aromatic carbocycles. The van der Waals surface area contributed by atoms with Gasteiger partial charge in [-0.25, -0.2) is 4.39 Å². The number of aliphatic hydroxyl groups is 1. The number of pyridine rings is 1. The summed E-state index contributed by atoms with van der Waals surface area (Å²) in [5, 5.41) is 22.0. The van der Waals surface area contributed by atoms with Gasteiger partial charge in [0, 0.05) is 17.7 Å². The smallest absolute Gasteiger partial charge is 0.244 e. The van der Waals surface area contributed by atoms with Gasteiger partial charge in [-0.05, 0) is 24.6 Å². The molecule has 3 aromatic rings. The molecule has 0 aliphatic carbocycles. The summed E-state index contributed by atoms with van der Waals surface area (Å²) >= 11 is 5.47. The Hall–Kier alpha value is -3.14. The molecular weight excluding hydrogens is 397 g/mol. The molecule has 2 heterocycles. The molecule has 4 rings (SSSR count). The summed E-state index contributed by atoms with van der Waals surface area (Å²) in [6, 6.07) is 20.6. The molecule has 0 saturated heterocycles. The lowest BCUT2D eigenvalue weighted by atomic mass is 9.73. The van der Waals surface area contributed by atoms with Crippen LogP contribution in [-0.2, 0) is 18.4 Å². The van der Waals surface area contributed by atoms with Gasteiger partial charge in [0.15, 0.2) is 12.4 Å². The summed E-state index contributed by atoms with van der Waals surface area (Å²) in [5.41, 5.74) is 0.658. The minimum atomic E-state index is -1.69. The number of benzene rings is 2. The highest BCUT2D eigenvalue weighted by molar-refractivity contribution is 7.77. The molecule has 0 amide bonds. The number of rotatable bonds is 3. The number of hydrogen-bond donors (Lipinski definition) is 1. The Bertz CT molecular complexity index is 1110. The predicted molar refractivity (Wildman–Crippen MR) is 114 cm³/mol. The highest BCUT2D eigenvalue weighted by Gasteiger charge is 2.55. The third kappa shape index (κ3) is 3.47. The van der Waals surface area contributed by atoms with Crippen molar-refractivity contribution in [3.8, 4) is 6.07 Å². The minimum Gasteiger partial charge on any atom is -0.764 e. The monoisotopic (exact) mass is 417 g/mol. The van der Waals surface area contributed by atoms with E-state index in [9.17, 15) is 14.8 Å². The summed E-state index contributed by atoms with van der Waals surface area (Å²) in [6.45, 7) is 1.97. The molecule has 1 N–H and O–H groups in total. The molecule has 0 spiro atoms. The first-order chi connectivity index (χ1) is 14.4. The van der Waals surface area contributed by atoms with Crippen LogP contribution in [0.5, 0.6) is 0 Å². The average Bonchev–Trinajstić information content (AvgIpc) is 2.75. The van der Waals surface area contributed by atoms with Crippen LogP contribution in [0.15, 0.2) is 84.1 Å². The molecule has 1 aliphatic rings. The van der Waals surface area contributed by atoms with E-state index in [4.69, 9.17) is 12.6 Å². The third-order valence-corrected chi connectivity index (χ3v) is 5.93. The van der Waals surface area contributed by atoms with Crippen LogP contribution in [0.25, 0.3) is 0 Å². The lowest BCUT2D eigenvalue weighted by Crippen LogP contribution is -2.57. The van der Waals surface area contributed by atoms with E-state index in [0.29, 0.717) is 11.1 Å². The molecular formula is C24H20FN3OS. The highest BCUT2D eigenvalue weighted by atomic mass is 32.1. The van der Waals surface area contributed by atoms with E-state index in [1.54, 1.807) is 12.1 Å². The summed E-state index contributed by atoms with van der Waals surface area (Å²) in [5.74, 6) is -1.64. The number of hydrogen-bond acceptors (Lipinski definition) is 4. The van der Waals surface area contributed by atoms with Gasteiger partial charge in [-0.3, -0.25) is 4.99 Å². The van der Waals surface area contributed by atoms with Crippen LogP contribution >= 0.6 is 0 Å². The molecule has 4 atom stereocenters. The molecule has 0 radical (unpaired) electrons. The van der Waals surface area contributed by atoms with Crippen LogP contribution in [-0.4, -0.2) is 10.2 Å². The maximum atomic E-state index is 13.6. The van der Waals surface area contributed by atoms with E-state index in [2.05, 4.69) is 11.1 Å². The van der Waals surface area contributed by atoms with Gasteiger partial charge in [0.05, 0.1) is 17.9 Å². The van der Waals surface area contributed by atoms with Crippen molar-refractivity contribution < 1.29 is 14.1 Å². The van der Waals surface area contributed by atoms with E-state index in [1.807, 2.05) is 66.3 Å². The first kappa shape index (κ1) is 20.1. The van der Waals surface area contributed by atoms with Crippen molar-refractivity contribution in [2.45, 2.75) is 24.6 Å². The second-order valence-electron chi connectivity index (χ2n) is 7.49. The number of aromatic nitrogens is 1. The lowest BCUT2D eigenvalue weighted by molar-refractivity contribution is -0.744. The quantitative estimate of drug-likeness (QED) is 0.522. The molecule has 150 valence electrons. The van der Waals surface area contributed by atoms with Crippen LogP contribution < -0.4 is 4.57 Å². The molecule has 0 bridgehead atoms. The Morgan fingerprint density at radius 2 is 1.70 bits per heavy atom. The number of aliphatic imine (C=N–C) groups is 1. The number of nitriles is 1. The molecule has 4 nitrogen and oxygen atoms in total. The molecule has 0 fully saturated rings. The Labute approximate surface area is 180 Å². The van der Waals surface area contributed by atoms with Crippen molar-refractivity contribution in [2.24, 2.45) is 10.9 Å². The summed E-state index contributed by atoms with van der Waals surface area (Å²) in [6.07, 6.45) is 3.66. The number of aryl methyl sites for hydroxylation is 1. The summed E-state index contributed by atoms with van der Waals surface area (Å²) in [7, 11) is 0. The molecule has 1 aromatic heterocycles. The number of nitrogens with zero attached hydrogens (tertiary/aromatic N) is 3. The van der Waals surface area contributed by atoms with Gasteiger partial charge in [-0.15, -0.1) is 0 Å². The van der Waals surface area contributed by atoms with Crippen LogP contribution in [0.1, 0.15) is 28.7 Å². The Balaban J connectivity index is 1.99. The van der Waals surface area contributed by atoms with Gasteiger partial charge >= 0.3 is 0 Å². The second kappa shape index (κ2) is 7.94. The summed E-state index contributed by atoms with van der Waals surface area (Å²) in [4.78, 5) is 4.49. The topological polar surface area (TPSA) is 60.3 Å². The van der Waals surface area contributed by atoms with Crippen LogP contribution in [0.2, 0.25) is 0 Å². The standard InChI is InChI=1S/C24H20FN3OS/c1-16-5-9-18(10-6-16)24(29)22(28-13-3-2-4-14-28)21(20(15-26)23(30)27-24)17-7-11-19(25)12-8-17/h2-14,20-22,29H,1H3/t20-,21+,22-,24-/m1/s1. The Morgan fingerprint density at radius 1 is 1.07 bits per heavy atom. The molecule has 30 heavy (non-hydrogen) atoms. The fraction of sp³-hybridized carbons (Fsp3) is 0.208. The zero-order valence-electron chi connectivity index (χ0n) is 16.3. The fourth-order valence-electron chi connectivity index (χ4n) is 4.11. The lowest BCUT2D eigenvalue weighted by Gasteiger charge is -2.43. The largest absolute Gasteiger partial charge is 0.764 e. The zero-order valence-corrected chi connectivity index (χ0v) is 17.1. The number of halogens is 1. The zero-order chi connectivity index (χ0) is 21.3. The predicted octanol–water partition coefficient (Wildman–Crippen LogP) is 3.69. The minimum absolute atomic E-state index is 0.141. The first-order valence-corrected chi connectivity index (χ1v) is 10.0. The van der Waals surface area contributed by atoms with Crippen LogP contribution in [0.4, 0.5) is 4.39 Å². The van der Waals surface area contributed by atoms with E-state index >= 15 is 0 Å². The van der Waals surface area contributed by atoms with Crippen LogP contribution in [0.3, 0.4) is 0 Å². The second-order valence-corrected chi connectivity index (χ2v) is 7.91. The van der Waals surface area contributed by atoms with Crippen molar-refractivity contribution in [2.75, 3.05) is 0 Å². The van der Waals surface area contributed by atoms with Crippen molar-refractivity contribution in [3.05, 3.63) is 102 Å². The fourth-order valence-corrected chi connectivity index (χ4v) is 4.45. The third-order valence-electron chi connectivity index (χ3n) is 5.59. The van der Waals surface area contributed by atoms with Gasteiger partial charge < -0.3 is 17.7 Å². The maximum Gasteiger partial charge on any atom is 0.244 e. The molecule has 1 aliphatic heterocycles. The highest BCUT2D eigenvalue weighted by Crippen LogP contribution is 2.48. The Kier molecular flexibility index (Phi) is 5.33. The van der Waals surface area contributed by atoms with E-state index in [1.165, 1.54) is 12.1 Å². The molecule has 0 unspecified atom stereocenters. The van der Waals surface area contributed by atoms with Gasteiger partial charge in [-0.1, -0.05) is 53.1 Å². The van der Waals surface area contributed by atoms with Crippen molar-refractivity contribution in [1.82, 2.24) is 0 Å². The van der Waals surface area contributed by atoms with E-state index < -0.39 is 23.6 Å². The van der Waals surface area contributed by atoms with Gasteiger partial charge in [-0.2, -0.15) is 9.83 Å². The van der Waals surface area contributed by atoms with E-state index in [0.717, 1.165) is 5.56 Å². The maximum absolute atomic E-state index is 13.6. The molecule has 0 saturated carbocycles.